The van der Waals surface area contributed by atoms with Crippen LogP contribution < -0.4 is 10.5 Å². The van der Waals surface area contributed by atoms with Crippen molar-refractivity contribution in [2.75, 3.05) is 0 Å². The average molecular weight is 456 g/mol. The van der Waals surface area contributed by atoms with Crippen LogP contribution in [0.1, 0.15) is 90.4 Å². The van der Waals surface area contributed by atoms with Gasteiger partial charge in [0, 0.05) is 5.92 Å². The average Bonchev–Trinajstić information content (AvgIpc) is 3.16. The maximum absolute atomic E-state index is 13.1. The largest absolute Gasteiger partial charge is 0.455 e. The number of fused-ring (bicyclic) bond motifs is 1. The van der Waals surface area contributed by atoms with Crippen molar-refractivity contribution in [2.24, 2.45) is 40.2 Å². The van der Waals surface area contributed by atoms with Crippen LogP contribution in [0.2, 0.25) is 0 Å². The molecule has 3 aliphatic rings. The number of hydrogen-bond donors (Lipinski definition) is 1. The summed E-state index contributed by atoms with van der Waals surface area (Å²) in [5, 5.41) is 0. The smallest absolute Gasteiger partial charge is 0.338 e. The molecule has 3 fully saturated rings. The first-order valence-electron chi connectivity index (χ1n) is 12.7. The third-order valence-electron chi connectivity index (χ3n) is 9.43. The molecule has 1 aromatic rings. The van der Waals surface area contributed by atoms with Crippen LogP contribution in [0.25, 0.3) is 0 Å². The van der Waals surface area contributed by atoms with Gasteiger partial charge in [-0.05, 0) is 98.3 Å². The Balaban J connectivity index is 1.43. The maximum atomic E-state index is 13.1. The lowest BCUT2D eigenvalue weighted by atomic mass is 9.64. The summed E-state index contributed by atoms with van der Waals surface area (Å²) < 4.78 is 11.6. The topological polar surface area (TPSA) is 78.6 Å². The molecule has 4 rings (SSSR count). The van der Waals surface area contributed by atoms with Gasteiger partial charge in [-0.25, -0.2) is 9.59 Å². The van der Waals surface area contributed by atoms with Crippen molar-refractivity contribution >= 4 is 11.9 Å². The van der Waals surface area contributed by atoms with Gasteiger partial charge in [0.15, 0.2) is 0 Å². The summed E-state index contributed by atoms with van der Waals surface area (Å²) in [6.45, 7) is 13.4. The molecule has 0 radical (unpaired) electrons. The van der Waals surface area contributed by atoms with E-state index < -0.39 is 17.6 Å². The van der Waals surface area contributed by atoms with E-state index in [9.17, 15) is 9.59 Å². The number of esters is 2. The van der Waals surface area contributed by atoms with E-state index in [0.29, 0.717) is 35.0 Å². The van der Waals surface area contributed by atoms with Crippen LogP contribution in [0, 0.1) is 34.5 Å². The Labute approximate surface area is 198 Å². The number of rotatable bonds is 6. The normalized spacial score (nSPS) is 35.2. The first-order chi connectivity index (χ1) is 15.4. The summed E-state index contributed by atoms with van der Waals surface area (Å²) in [5.74, 6) is 1.80. The lowest BCUT2D eigenvalue weighted by molar-refractivity contribution is -0.136. The van der Waals surface area contributed by atoms with Gasteiger partial charge in [0.2, 0.25) is 0 Å². The molecule has 3 aliphatic carbocycles. The molecule has 0 aromatic heterocycles. The van der Waals surface area contributed by atoms with Crippen molar-refractivity contribution in [2.45, 2.75) is 91.7 Å². The molecular formula is C28H41NO4. The number of benzene rings is 1. The number of nitrogens with two attached hydrogens (primary N) is 1. The zero-order valence-corrected chi connectivity index (χ0v) is 21.1. The van der Waals surface area contributed by atoms with E-state index in [0.717, 1.165) is 24.7 Å². The molecular weight excluding hydrogens is 414 g/mol. The van der Waals surface area contributed by atoms with Crippen LogP contribution in [0.3, 0.4) is 0 Å². The molecule has 6 atom stereocenters. The Bertz CT molecular complexity index is 907. The summed E-state index contributed by atoms with van der Waals surface area (Å²) in [5.41, 5.74) is 6.53. The molecule has 33 heavy (non-hydrogen) atoms. The Hall–Kier alpha value is -1.88. The van der Waals surface area contributed by atoms with E-state index in [1.54, 1.807) is 24.3 Å². The quantitative estimate of drug-likeness (QED) is 0.436. The summed E-state index contributed by atoms with van der Waals surface area (Å²) in [7, 11) is 0. The minimum atomic E-state index is -0.652. The Morgan fingerprint density at radius 2 is 1.73 bits per heavy atom. The molecule has 1 aromatic carbocycles. The number of ether oxygens (including phenoxy) is 2. The van der Waals surface area contributed by atoms with Gasteiger partial charge >= 0.3 is 11.9 Å². The van der Waals surface area contributed by atoms with E-state index in [2.05, 4.69) is 27.7 Å². The monoisotopic (exact) mass is 455 g/mol. The van der Waals surface area contributed by atoms with E-state index in [1.165, 1.54) is 19.3 Å². The lowest BCUT2D eigenvalue weighted by Gasteiger charge is -2.46. The van der Waals surface area contributed by atoms with Crippen LogP contribution in [0.5, 0.6) is 5.75 Å². The van der Waals surface area contributed by atoms with E-state index >= 15 is 0 Å². The molecule has 0 amide bonds. The minimum absolute atomic E-state index is 0.170. The third-order valence-corrected chi connectivity index (χ3v) is 9.43. The molecule has 5 heteroatoms. The van der Waals surface area contributed by atoms with Gasteiger partial charge in [0.25, 0.3) is 0 Å². The maximum Gasteiger partial charge on any atom is 0.338 e. The van der Waals surface area contributed by atoms with Crippen LogP contribution in [0.4, 0.5) is 0 Å². The number of carbonyl (C=O) groups is 2. The first-order valence-corrected chi connectivity index (χ1v) is 12.7. The van der Waals surface area contributed by atoms with Crippen molar-refractivity contribution < 1.29 is 19.1 Å². The summed E-state index contributed by atoms with van der Waals surface area (Å²) >= 11 is 0. The number of hydrogen-bond acceptors (Lipinski definition) is 5. The van der Waals surface area contributed by atoms with Crippen molar-refractivity contribution in [3.05, 3.63) is 29.8 Å². The molecule has 2 bridgehead atoms. The van der Waals surface area contributed by atoms with Gasteiger partial charge in [-0.15, -0.1) is 0 Å². The lowest BCUT2D eigenvalue weighted by Crippen LogP contribution is -2.47. The second-order valence-corrected chi connectivity index (χ2v) is 12.2. The molecule has 2 N–H and O–H groups in total. The molecule has 1 unspecified atom stereocenters. The van der Waals surface area contributed by atoms with Crippen LogP contribution >= 0.6 is 0 Å². The fourth-order valence-corrected chi connectivity index (χ4v) is 7.71. The van der Waals surface area contributed by atoms with E-state index in [-0.39, 0.29) is 11.4 Å². The van der Waals surface area contributed by atoms with Gasteiger partial charge < -0.3 is 15.2 Å². The van der Waals surface area contributed by atoms with Crippen LogP contribution in [-0.4, -0.2) is 23.6 Å². The summed E-state index contributed by atoms with van der Waals surface area (Å²) in [4.78, 5) is 25.3. The summed E-state index contributed by atoms with van der Waals surface area (Å²) in [6.07, 6.45) is 6.44. The highest BCUT2D eigenvalue weighted by molar-refractivity contribution is 5.90. The Morgan fingerprint density at radius 3 is 2.36 bits per heavy atom. The second kappa shape index (κ2) is 8.41. The van der Waals surface area contributed by atoms with Crippen LogP contribution in [-0.2, 0) is 9.53 Å². The fourth-order valence-electron chi connectivity index (χ4n) is 7.71. The predicted molar refractivity (Wildman–Crippen MR) is 129 cm³/mol. The Morgan fingerprint density at radius 1 is 1.06 bits per heavy atom. The zero-order valence-electron chi connectivity index (χ0n) is 21.1. The van der Waals surface area contributed by atoms with Gasteiger partial charge in [0.05, 0.1) is 5.56 Å². The fraction of sp³-hybridized carbons (Fsp3) is 0.714. The SMILES string of the molecule is CC(C)CC(N)C(=O)Oc1ccc(C(=O)O[C@]2(C)CC[C@@]34C[C@@H]2C(C)(C)[C@@H]3CC[C@H]4C)cc1. The van der Waals surface area contributed by atoms with Gasteiger partial charge in [-0.2, -0.15) is 0 Å². The van der Waals surface area contributed by atoms with Crippen molar-refractivity contribution in [3.8, 4) is 5.75 Å². The minimum Gasteiger partial charge on any atom is -0.455 e. The molecule has 1 spiro atoms. The molecule has 182 valence electrons. The van der Waals surface area contributed by atoms with Gasteiger partial charge in [-0.1, -0.05) is 34.6 Å². The highest BCUT2D eigenvalue weighted by Gasteiger charge is 2.68. The van der Waals surface area contributed by atoms with Crippen molar-refractivity contribution in [1.82, 2.24) is 0 Å². The standard InChI is InChI=1S/C28H41NO4/c1-17(2)15-21(29)25(31)32-20-10-8-19(9-11-20)24(30)33-27(6)13-14-28-16-23(27)26(4,5)22(28)12-7-18(28)3/h8-11,17-18,21-23H,7,12-16,29H2,1-6H3/t18-,21?,22+,23-,27-,28+/m1/s1. The third kappa shape index (κ3) is 4.11. The second-order valence-electron chi connectivity index (χ2n) is 12.2. The highest BCUT2D eigenvalue weighted by atomic mass is 16.6. The Kier molecular flexibility index (Phi) is 6.18. The predicted octanol–water partition coefficient (Wildman–Crippen LogP) is 5.75. The van der Waals surface area contributed by atoms with Crippen molar-refractivity contribution in [3.63, 3.8) is 0 Å². The van der Waals surface area contributed by atoms with Gasteiger partial charge in [0.1, 0.15) is 17.4 Å². The molecule has 0 heterocycles. The van der Waals surface area contributed by atoms with E-state index in [1.807, 2.05) is 13.8 Å². The highest BCUT2D eigenvalue weighted by Crippen LogP contribution is 2.73. The van der Waals surface area contributed by atoms with Crippen LogP contribution in [0.15, 0.2) is 24.3 Å². The van der Waals surface area contributed by atoms with Gasteiger partial charge in [-0.3, -0.25) is 0 Å². The first kappa shape index (κ1) is 24.3. The molecule has 0 saturated heterocycles. The molecule has 3 saturated carbocycles. The number of carbonyl (C=O) groups excluding carboxylic acids is 2. The summed E-state index contributed by atoms with van der Waals surface area (Å²) in [6, 6.07) is 5.97. The molecule has 5 nitrogen and oxygen atoms in total. The zero-order chi connectivity index (χ0) is 24.2. The van der Waals surface area contributed by atoms with Crippen molar-refractivity contribution in [1.29, 1.82) is 0 Å². The van der Waals surface area contributed by atoms with E-state index in [4.69, 9.17) is 15.2 Å². The molecule has 0 aliphatic heterocycles.